The summed E-state index contributed by atoms with van der Waals surface area (Å²) in [5, 5.41) is 16.8. The van der Waals surface area contributed by atoms with Gasteiger partial charge < -0.3 is 5.32 Å². The lowest BCUT2D eigenvalue weighted by atomic mass is 10.2. The Kier molecular flexibility index (Phi) is 4.03. The van der Waals surface area contributed by atoms with Gasteiger partial charge in [-0.25, -0.2) is 0 Å². The summed E-state index contributed by atoms with van der Waals surface area (Å²) in [5.74, 6) is 0. The van der Waals surface area contributed by atoms with E-state index in [-0.39, 0.29) is 0 Å². The summed E-state index contributed by atoms with van der Waals surface area (Å²) in [4.78, 5) is 0. The van der Waals surface area contributed by atoms with Gasteiger partial charge in [0, 0.05) is 6.54 Å². The molecule has 0 aliphatic rings. The summed E-state index contributed by atoms with van der Waals surface area (Å²) in [6.45, 7) is 0.836. The van der Waals surface area contributed by atoms with E-state index in [0.717, 1.165) is 18.7 Å². The third kappa shape index (κ3) is 3.23. The number of hydrogen-bond donors (Lipinski definition) is 1. The highest BCUT2D eigenvalue weighted by Gasteiger charge is 2.01. The van der Waals surface area contributed by atoms with Gasteiger partial charge in [0.1, 0.15) is 0 Å². The van der Waals surface area contributed by atoms with E-state index in [2.05, 4.69) is 28.2 Å². The second-order valence-electron chi connectivity index (χ2n) is 3.61. The van der Waals surface area contributed by atoms with E-state index in [0.29, 0.717) is 10.6 Å². The van der Waals surface area contributed by atoms with Crippen LogP contribution in [-0.4, -0.2) is 6.54 Å². The van der Waals surface area contributed by atoms with Gasteiger partial charge >= 0.3 is 0 Å². The number of halogens is 1. The lowest BCUT2D eigenvalue weighted by Gasteiger charge is -2.07. The summed E-state index contributed by atoms with van der Waals surface area (Å²) >= 11 is 7.76. The Morgan fingerprint density at radius 3 is 2.88 bits per heavy atom. The highest BCUT2D eigenvalue weighted by molar-refractivity contribution is 7.07. The van der Waals surface area contributed by atoms with Crippen LogP contribution in [0.1, 0.15) is 11.1 Å². The first-order chi connectivity index (χ1) is 8.29. The van der Waals surface area contributed by atoms with E-state index >= 15 is 0 Å². The molecule has 17 heavy (non-hydrogen) atoms. The molecule has 1 aromatic heterocycles. The van der Waals surface area contributed by atoms with Gasteiger partial charge in [0.25, 0.3) is 0 Å². The molecule has 0 amide bonds. The highest BCUT2D eigenvalue weighted by atomic mass is 35.5. The molecule has 0 aliphatic carbocycles. The van der Waals surface area contributed by atoms with Crippen molar-refractivity contribution in [3.63, 3.8) is 0 Å². The van der Waals surface area contributed by atoms with Crippen molar-refractivity contribution >= 4 is 28.6 Å². The summed E-state index contributed by atoms with van der Waals surface area (Å²) < 4.78 is 0. The molecule has 1 aromatic carbocycles. The molecule has 2 aromatic rings. The summed E-state index contributed by atoms with van der Waals surface area (Å²) in [6, 6.07) is 9.46. The van der Waals surface area contributed by atoms with Crippen LogP contribution < -0.4 is 5.32 Å². The molecule has 4 heteroatoms. The molecule has 2 nitrogen and oxygen atoms in total. The van der Waals surface area contributed by atoms with Crippen LogP contribution in [0.4, 0.5) is 5.69 Å². The van der Waals surface area contributed by atoms with Crippen molar-refractivity contribution in [2.75, 3.05) is 11.9 Å². The Morgan fingerprint density at radius 1 is 1.35 bits per heavy atom. The van der Waals surface area contributed by atoms with Gasteiger partial charge in [0.15, 0.2) is 0 Å². The zero-order chi connectivity index (χ0) is 12.1. The molecule has 2 rings (SSSR count). The highest BCUT2D eigenvalue weighted by Crippen LogP contribution is 2.22. The second-order valence-corrected chi connectivity index (χ2v) is 4.80. The SMILES string of the molecule is N#Cc1ccc(NCCc2ccsc2)c(Cl)c1. The van der Waals surface area contributed by atoms with E-state index in [1.807, 2.05) is 6.07 Å². The first kappa shape index (κ1) is 12.0. The Morgan fingerprint density at radius 2 is 2.24 bits per heavy atom. The monoisotopic (exact) mass is 262 g/mol. The van der Waals surface area contributed by atoms with E-state index in [1.54, 1.807) is 23.5 Å². The van der Waals surface area contributed by atoms with Crippen molar-refractivity contribution in [1.29, 1.82) is 5.26 Å². The molecule has 1 N–H and O–H groups in total. The molecule has 0 radical (unpaired) electrons. The molecule has 0 spiro atoms. The van der Waals surface area contributed by atoms with Crippen molar-refractivity contribution < 1.29 is 0 Å². The second kappa shape index (κ2) is 5.72. The standard InChI is InChI=1S/C13H11ClN2S/c14-12-7-11(8-15)1-2-13(12)16-5-3-10-4-6-17-9-10/h1-2,4,6-7,9,16H,3,5H2. The van der Waals surface area contributed by atoms with Crippen LogP contribution in [0.25, 0.3) is 0 Å². The molecular formula is C13H11ClN2S. The Labute approximate surface area is 109 Å². The summed E-state index contributed by atoms with van der Waals surface area (Å²) in [7, 11) is 0. The fourth-order valence-corrected chi connectivity index (χ4v) is 2.45. The molecule has 0 fully saturated rings. The van der Waals surface area contributed by atoms with Crippen molar-refractivity contribution in [1.82, 2.24) is 0 Å². The van der Waals surface area contributed by atoms with Gasteiger partial charge in [-0.15, -0.1) is 0 Å². The van der Waals surface area contributed by atoms with E-state index < -0.39 is 0 Å². The predicted octanol–water partition coefficient (Wildman–Crippen LogP) is 3.93. The molecule has 0 unspecified atom stereocenters. The van der Waals surface area contributed by atoms with Crippen molar-refractivity contribution in [3.05, 3.63) is 51.2 Å². The Balaban J connectivity index is 1.93. The Bertz CT molecular complexity index is 529. The van der Waals surface area contributed by atoms with Crippen LogP contribution in [-0.2, 0) is 6.42 Å². The summed E-state index contributed by atoms with van der Waals surface area (Å²) in [6.07, 6.45) is 0.972. The lowest BCUT2D eigenvalue weighted by Crippen LogP contribution is -2.04. The lowest BCUT2D eigenvalue weighted by molar-refractivity contribution is 1.03. The van der Waals surface area contributed by atoms with E-state index in [9.17, 15) is 0 Å². The molecule has 0 atom stereocenters. The van der Waals surface area contributed by atoms with E-state index in [4.69, 9.17) is 16.9 Å². The molecule has 0 bridgehead atoms. The number of benzene rings is 1. The average molecular weight is 263 g/mol. The van der Waals surface area contributed by atoms with Gasteiger partial charge in [0.2, 0.25) is 0 Å². The maximum Gasteiger partial charge on any atom is 0.0992 e. The van der Waals surface area contributed by atoms with Crippen LogP contribution in [0.2, 0.25) is 5.02 Å². The van der Waals surface area contributed by atoms with Gasteiger partial charge in [0.05, 0.1) is 22.3 Å². The zero-order valence-corrected chi connectivity index (χ0v) is 10.7. The van der Waals surface area contributed by atoms with Crippen molar-refractivity contribution in [2.24, 2.45) is 0 Å². The number of rotatable bonds is 4. The zero-order valence-electron chi connectivity index (χ0n) is 9.11. The summed E-state index contributed by atoms with van der Waals surface area (Å²) in [5.41, 5.74) is 2.78. The van der Waals surface area contributed by atoms with Crippen LogP contribution in [0, 0.1) is 11.3 Å². The fourth-order valence-electron chi connectivity index (χ4n) is 1.50. The van der Waals surface area contributed by atoms with Gasteiger partial charge in [-0.1, -0.05) is 11.6 Å². The third-order valence-corrected chi connectivity index (χ3v) is 3.45. The molecule has 0 saturated heterocycles. The molecule has 0 saturated carbocycles. The fraction of sp³-hybridized carbons (Fsp3) is 0.154. The quantitative estimate of drug-likeness (QED) is 0.906. The maximum atomic E-state index is 8.73. The van der Waals surface area contributed by atoms with Crippen LogP contribution >= 0.6 is 22.9 Å². The minimum atomic E-state index is 0.582. The largest absolute Gasteiger partial charge is 0.384 e. The topological polar surface area (TPSA) is 35.8 Å². The molecule has 0 aliphatic heterocycles. The van der Waals surface area contributed by atoms with Crippen molar-refractivity contribution in [3.8, 4) is 6.07 Å². The first-order valence-electron chi connectivity index (χ1n) is 5.24. The molecular weight excluding hydrogens is 252 g/mol. The maximum absolute atomic E-state index is 8.73. The molecule has 86 valence electrons. The minimum Gasteiger partial charge on any atom is -0.384 e. The number of hydrogen-bond acceptors (Lipinski definition) is 3. The van der Waals surface area contributed by atoms with Gasteiger partial charge in [-0.2, -0.15) is 16.6 Å². The third-order valence-electron chi connectivity index (χ3n) is 2.41. The van der Waals surface area contributed by atoms with Gasteiger partial charge in [-0.3, -0.25) is 0 Å². The van der Waals surface area contributed by atoms with E-state index in [1.165, 1.54) is 5.56 Å². The smallest absolute Gasteiger partial charge is 0.0992 e. The number of anilines is 1. The number of nitrogens with zero attached hydrogens (tertiary/aromatic N) is 1. The Hall–Kier alpha value is -1.50. The number of nitriles is 1. The number of thiophene rings is 1. The van der Waals surface area contributed by atoms with Crippen LogP contribution in [0.3, 0.4) is 0 Å². The predicted molar refractivity (Wildman–Crippen MR) is 72.7 cm³/mol. The number of nitrogens with one attached hydrogen (secondary N) is 1. The van der Waals surface area contributed by atoms with Crippen molar-refractivity contribution in [2.45, 2.75) is 6.42 Å². The van der Waals surface area contributed by atoms with Gasteiger partial charge in [-0.05, 0) is 47.0 Å². The first-order valence-corrected chi connectivity index (χ1v) is 6.56. The van der Waals surface area contributed by atoms with Crippen LogP contribution in [0.15, 0.2) is 35.0 Å². The van der Waals surface area contributed by atoms with Crippen LogP contribution in [0.5, 0.6) is 0 Å². The normalized spacial score (nSPS) is 9.88. The average Bonchev–Trinajstić information content (AvgIpc) is 2.84. The molecule has 1 heterocycles. The minimum absolute atomic E-state index is 0.582.